The summed E-state index contributed by atoms with van der Waals surface area (Å²) in [6.45, 7) is 4.97. The van der Waals surface area contributed by atoms with Crippen molar-refractivity contribution < 1.29 is 18.3 Å². The van der Waals surface area contributed by atoms with Crippen molar-refractivity contribution in [1.29, 1.82) is 0 Å². The van der Waals surface area contributed by atoms with Gasteiger partial charge in [0.1, 0.15) is 11.6 Å². The van der Waals surface area contributed by atoms with Gasteiger partial charge in [0.05, 0.1) is 12.3 Å². The molecule has 3 rings (SSSR count). The molecule has 7 heteroatoms. The van der Waals surface area contributed by atoms with Gasteiger partial charge in [-0.1, -0.05) is 0 Å². The third-order valence-corrected chi connectivity index (χ3v) is 4.72. The minimum absolute atomic E-state index is 0.0432. The number of nitrogens with zero attached hydrogens (tertiary/aromatic N) is 2. The lowest BCUT2D eigenvalue weighted by atomic mass is 10.2. The van der Waals surface area contributed by atoms with Gasteiger partial charge in [-0.15, -0.1) is 0 Å². The van der Waals surface area contributed by atoms with Crippen molar-refractivity contribution in [2.75, 3.05) is 37.7 Å². The first-order chi connectivity index (χ1) is 11.5. The molecule has 0 spiro atoms. The number of hydrogen-bond donors (Lipinski definition) is 1. The van der Waals surface area contributed by atoms with Crippen LogP contribution in [0.2, 0.25) is 0 Å². The summed E-state index contributed by atoms with van der Waals surface area (Å²) in [5.74, 6) is -1.15. The van der Waals surface area contributed by atoms with Crippen molar-refractivity contribution in [1.82, 2.24) is 10.2 Å². The van der Waals surface area contributed by atoms with Crippen molar-refractivity contribution in [2.24, 2.45) is 0 Å². The Kier molecular flexibility index (Phi) is 5.18. The second kappa shape index (κ2) is 7.34. The van der Waals surface area contributed by atoms with Crippen LogP contribution in [0.5, 0.6) is 0 Å². The normalized spacial score (nSPS) is 24.8. The zero-order valence-electron chi connectivity index (χ0n) is 13.8. The van der Waals surface area contributed by atoms with E-state index in [9.17, 15) is 13.6 Å². The highest BCUT2D eigenvalue weighted by molar-refractivity contribution is 5.75. The first-order valence-corrected chi connectivity index (χ1v) is 8.39. The van der Waals surface area contributed by atoms with Gasteiger partial charge in [0.15, 0.2) is 0 Å². The minimum Gasteiger partial charge on any atom is -0.380 e. The van der Waals surface area contributed by atoms with Crippen LogP contribution in [0, 0.1) is 11.6 Å². The lowest BCUT2D eigenvalue weighted by molar-refractivity contribution is 0.141. The Morgan fingerprint density at radius 1 is 1.25 bits per heavy atom. The predicted octanol–water partition coefficient (Wildman–Crippen LogP) is 2.36. The van der Waals surface area contributed by atoms with Crippen molar-refractivity contribution in [3.05, 3.63) is 29.8 Å². The van der Waals surface area contributed by atoms with Crippen molar-refractivity contribution >= 4 is 11.7 Å². The highest BCUT2D eigenvalue weighted by Crippen LogP contribution is 2.24. The Labute approximate surface area is 140 Å². The summed E-state index contributed by atoms with van der Waals surface area (Å²) in [7, 11) is 0. The molecule has 2 saturated heterocycles. The average Bonchev–Trinajstić information content (AvgIpc) is 2.87. The van der Waals surface area contributed by atoms with Gasteiger partial charge in [0.25, 0.3) is 0 Å². The number of urea groups is 1. The molecule has 2 atom stereocenters. The van der Waals surface area contributed by atoms with Gasteiger partial charge in [-0.05, 0) is 31.9 Å². The van der Waals surface area contributed by atoms with Crippen LogP contribution < -0.4 is 10.2 Å². The highest BCUT2D eigenvalue weighted by atomic mass is 19.1. The molecule has 1 aromatic rings. The smallest absolute Gasteiger partial charge is 0.317 e. The number of halogens is 2. The Bertz CT molecular complexity index is 599. The van der Waals surface area contributed by atoms with Gasteiger partial charge >= 0.3 is 6.03 Å². The molecule has 2 fully saturated rings. The summed E-state index contributed by atoms with van der Waals surface area (Å²) >= 11 is 0. The van der Waals surface area contributed by atoms with Crippen LogP contribution in [0.25, 0.3) is 0 Å². The maximum absolute atomic E-state index is 13.9. The van der Waals surface area contributed by atoms with Gasteiger partial charge in [-0.25, -0.2) is 13.6 Å². The van der Waals surface area contributed by atoms with Crippen molar-refractivity contribution in [2.45, 2.75) is 31.8 Å². The van der Waals surface area contributed by atoms with Gasteiger partial charge in [0.2, 0.25) is 0 Å². The summed E-state index contributed by atoms with van der Waals surface area (Å²) in [4.78, 5) is 16.1. The van der Waals surface area contributed by atoms with E-state index in [4.69, 9.17) is 4.74 Å². The molecule has 2 heterocycles. The SMILES string of the molecule is C[C@@H]1CCOCCN1C(=O)N[C@H]1CCN(c2ccc(F)cc2F)C1. The minimum atomic E-state index is -0.585. The summed E-state index contributed by atoms with van der Waals surface area (Å²) < 4.78 is 32.3. The number of ether oxygens (including phenoxy) is 1. The Hall–Kier alpha value is -1.89. The van der Waals surface area contributed by atoms with Crippen LogP contribution in [-0.4, -0.2) is 55.9 Å². The van der Waals surface area contributed by atoms with E-state index in [2.05, 4.69) is 5.32 Å². The second-order valence-corrected chi connectivity index (χ2v) is 6.42. The number of carbonyl (C=O) groups excluding carboxylic acids is 1. The zero-order valence-corrected chi connectivity index (χ0v) is 13.8. The van der Waals surface area contributed by atoms with Crippen LogP contribution in [-0.2, 0) is 4.74 Å². The van der Waals surface area contributed by atoms with Gasteiger partial charge in [-0.3, -0.25) is 0 Å². The largest absolute Gasteiger partial charge is 0.380 e. The molecule has 2 aliphatic heterocycles. The number of nitrogens with one attached hydrogen (secondary N) is 1. The lowest BCUT2D eigenvalue weighted by Gasteiger charge is -2.28. The molecule has 0 aliphatic carbocycles. The summed E-state index contributed by atoms with van der Waals surface area (Å²) in [6, 6.07) is 3.59. The fourth-order valence-electron chi connectivity index (χ4n) is 3.29. The van der Waals surface area contributed by atoms with Crippen LogP contribution in [0.15, 0.2) is 18.2 Å². The third kappa shape index (κ3) is 3.77. The topological polar surface area (TPSA) is 44.8 Å². The van der Waals surface area contributed by atoms with Crippen molar-refractivity contribution in [3.63, 3.8) is 0 Å². The molecule has 2 aliphatic rings. The number of carbonyl (C=O) groups is 1. The summed E-state index contributed by atoms with van der Waals surface area (Å²) in [5.41, 5.74) is 0.379. The molecule has 24 heavy (non-hydrogen) atoms. The molecular weight excluding hydrogens is 316 g/mol. The van der Waals surface area contributed by atoms with Gasteiger partial charge < -0.3 is 19.9 Å². The van der Waals surface area contributed by atoms with Crippen molar-refractivity contribution in [3.8, 4) is 0 Å². The van der Waals surface area contributed by atoms with E-state index < -0.39 is 11.6 Å². The highest BCUT2D eigenvalue weighted by Gasteiger charge is 2.29. The van der Waals surface area contributed by atoms with E-state index in [1.54, 1.807) is 4.90 Å². The summed E-state index contributed by atoms with van der Waals surface area (Å²) in [5, 5.41) is 3.03. The number of benzene rings is 1. The fourth-order valence-corrected chi connectivity index (χ4v) is 3.29. The van der Waals surface area contributed by atoms with E-state index in [0.717, 1.165) is 18.9 Å². The van der Waals surface area contributed by atoms with E-state index >= 15 is 0 Å². The van der Waals surface area contributed by atoms with Gasteiger partial charge in [0, 0.05) is 44.4 Å². The molecule has 5 nitrogen and oxygen atoms in total. The Balaban J connectivity index is 1.58. The number of rotatable bonds is 2. The number of amides is 2. The molecule has 2 amide bonds. The average molecular weight is 339 g/mol. The predicted molar refractivity (Wildman–Crippen MR) is 87.1 cm³/mol. The van der Waals surface area contributed by atoms with Crippen LogP contribution in [0.1, 0.15) is 19.8 Å². The quantitative estimate of drug-likeness (QED) is 0.900. The Morgan fingerprint density at radius 3 is 2.88 bits per heavy atom. The molecule has 0 saturated carbocycles. The molecule has 132 valence electrons. The molecule has 1 N–H and O–H groups in total. The molecule has 0 bridgehead atoms. The number of hydrogen-bond acceptors (Lipinski definition) is 3. The molecule has 1 aromatic carbocycles. The third-order valence-electron chi connectivity index (χ3n) is 4.72. The van der Waals surface area contributed by atoms with Crippen LogP contribution in [0.4, 0.5) is 19.3 Å². The Morgan fingerprint density at radius 2 is 2.08 bits per heavy atom. The fraction of sp³-hybridized carbons (Fsp3) is 0.588. The van der Waals surface area contributed by atoms with E-state index in [-0.39, 0.29) is 18.1 Å². The maximum Gasteiger partial charge on any atom is 0.317 e. The molecule has 0 radical (unpaired) electrons. The maximum atomic E-state index is 13.9. The molecule has 0 unspecified atom stereocenters. The summed E-state index contributed by atoms with van der Waals surface area (Å²) in [6.07, 6.45) is 1.56. The lowest BCUT2D eigenvalue weighted by Crippen LogP contribution is -2.49. The molecular formula is C17H23F2N3O2. The number of anilines is 1. The second-order valence-electron chi connectivity index (χ2n) is 6.42. The van der Waals surface area contributed by atoms with Crippen LogP contribution >= 0.6 is 0 Å². The van der Waals surface area contributed by atoms with E-state index in [0.29, 0.717) is 38.5 Å². The first-order valence-electron chi connectivity index (χ1n) is 8.39. The first kappa shape index (κ1) is 17.0. The zero-order chi connectivity index (χ0) is 17.1. The standard InChI is InChI=1S/C17H23F2N3O2/c1-12-5-8-24-9-7-22(12)17(23)20-14-4-6-21(11-14)16-3-2-13(18)10-15(16)19/h2-3,10,12,14H,4-9,11H2,1H3,(H,20,23)/t12-,14+/m1/s1. The van der Waals surface area contributed by atoms with E-state index in [1.165, 1.54) is 12.1 Å². The monoisotopic (exact) mass is 339 g/mol. The van der Waals surface area contributed by atoms with Gasteiger partial charge in [-0.2, -0.15) is 0 Å². The van der Waals surface area contributed by atoms with Crippen LogP contribution in [0.3, 0.4) is 0 Å². The van der Waals surface area contributed by atoms with E-state index in [1.807, 2.05) is 11.8 Å². The molecule has 0 aromatic heterocycles.